The van der Waals surface area contributed by atoms with Crippen molar-refractivity contribution in [3.8, 4) is 0 Å². The van der Waals surface area contributed by atoms with Gasteiger partial charge >= 0.3 is 0 Å². The zero-order valence-corrected chi connectivity index (χ0v) is 12.6. The van der Waals surface area contributed by atoms with Crippen LogP contribution in [-0.4, -0.2) is 35.4 Å². The Bertz CT molecular complexity index is 422. The van der Waals surface area contributed by atoms with Crippen molar-refractivity contribution in [2.75, 3.05) is 25.0 Å². The highest BCUT2D eigenvalue weighted by molar-refractivity contribution is 5.92. The number of unbranched alkanes of at least 4 members (excludes halogenated alkanes) is 1. The number of nitrogens with zero attached hydrogens (tertiary/aromatic N) is 2. The van der Waals surface area contributed by atoms with E-state index in [1.807, 2.05) is 17.0 Å². The molecule has 1 amide bonds. The van der Waals surface area contributed by atoms with E-state index in [2.05, 4.69) is 24.1 Å². The van der Waals surface area contributed by atoms with Gasteiger partial charge in [0.2, 0.25) is 0 Å². The molecule has 0 aromatic carbocycles. The summed E-state index contributed by atoms with van der Waals surface area (Å²) in [6.45, 7) is 7.09. The zero-order chi connectivity index (χ0) is 14.4. The number of likely N-dealkylation sites (tertiary alicyclic amines) is 1. The minimum absolute atomic E-state index is 0.0667. The molecule has 2 heterocycles. The number of rotatable bonds is 5. The smallest absolute Gasteiger partial charge is 0.272 e. The molecule has 1 fully saturated rings. The highest BCUT2D eigenvalue weighted by Crippen LogP contribution is 2.18. The molecular formula is C16H25N3O. The largest absolute Gasteiger partial charge is 0.384 e. The zero-order valence-electron chi connectivity index (χ0n) is 12.6. The van der Waals surface area contributed by atoms with Crippen molar-refractivity contribution in [2.45, 2.75) is 39.5 Å². The molecule has 0 aliphatic carbocycles. The van der Waals surface area contributed by atoms with Crippen LogP contribution >= 0.6 is 0 Å². The first-order chi connectivity index (χ1) is 9.70. The second-order valence-electron chi connectivity index (χ2n) is 5.69. The van der Waals surface area contributed by atoms with Crippen molar-refractivity contribution < 1.29 is 4.79 Å². The van der Waals surface area contributed by atoms with Crippen LogP contribution in [0.15, 0.2) is 18.3 Å². The van der Waals surface area contributed by atoms with Crippen LogP contribution in [0.4, 0.5) is 5.69 Å². The summed E-state index contributed by atoms with van der Waals surface area (Å²) in [4.78, 5) is 18.5. The van der Waals surface area contributed by atoms with E-state index in [9.17, 15) is 4.79 Å². The van der Waals surface area contributed by atoms with Crippen LogP contribution in [-0.2, 0) is 0 Å². The van der Waals surface area contributed by atoms with Gasteiger partial charge in [0.1, 0.15) is 5.69 Å². The molecule has 4 heteroatoms. The fraction of sp³-hybridized carbons (Fsp3) is 0.625. The SMILES string of the molecule is CCCCNc1ccc(C(=O)N2CCC(C)CC2)nc1. The summed E-state index contributed by atoms with van der Waals surface area (Å²) in [7, 11) is 0. The Hall–Kier alpha value is -1.58. The number of hydrogen-bond acceptors (Lipinski definition) is 3. The van der Waals surface area contributed by atoms with E-state index in [-0.39, 0.29) is 5.91 Å². The van der Waals surface area contributed by atoms with Gasteiger partial charge in [-0.05, 0) is 37.3 Å². The van der Waals surface area contributed by atoms with Gasteiger partial charge in [-0.15, -0.1) is 0 Å². The summed E-state index contributed by atoms with van der Waals surface area (Å²) >= 11 is 0. The molecule has 0 radical (unpaired) electrons. The van der Waals surface area contributed by atoms with Crippen molar-refractivity contribution in [3.05, 3.63) is 24.0 Å². The van der Waals surface area contributed by atoms with Crippen molar-refractivity contribution in [2.24, 2.45) is 5.92 Å². The average molecular weight is 275 g/mol. The summed E-state index contributed by atoms with van der Waals surface area (Å²) in [6.07, 6.45) is 6.28. The van der Waals surface area contributed by atoms with E-state index >= 15 is 0 Å². The number of carbonyl (C=O) groups is 1. The fourth-order valence-electron chi connectivity index (χ4n) is 2.41. The van der Waals surface area contributed by atoms with Crippen LogP contribution in [0.5, 0.6) is 0 Å². The summed E-state index contributed by atoms with van der Waals surface area (Å²) in [5.74, 6) is 0.800. The Morgan fingerprint density at radius 1 is 1.40 bits per heavy atom. The predicted molar refractivity (Wildman–Crippen MR) is 81.9 cm³/mol. The van der Waals surface area contributed by atoms with Gasteiger partial charge in [0.25, 0.3) is 5.91 Å². The molecule has 1 aliphatic rings. The molecule has 1 aromatic rings. The van der Waals surface area contributed by atoms with Crippen LogP contribution in [0.1, 0.15) is 50.0 Å². The molecule has 0 saturated carbocycles. The minimum Gasteiger partial charge on any atom is -0.384 e. The first-order valence-corrected chi connectivity index (χ1v) is 7.70. The summed E-state index contributed by atoms with van der Waals surface area (Å²) in [5.41, 5.74) is 1.54. The van der Waals surface area contributed by atoms with Gasteiger partial charge in [-0.3, -0.25) is 4.79 Å². The van der Waals surface area contributed by atoms with Gasteiger partial charge in [-0.1, -0.05) is 20.3 Å². The number of anilines is 1. The van der Waals surface area contributed by atoms with Crippen molar-refractivity contribution >= 4 is 11.6 Å². The molecule has 110 valence electrons. The predicted octanol–water partition coefficient (Wildman–Crippen LogP) is 3.17. The lowest BCUT2D eigenvalue weighted by atomic mass is 9.99. The van der Waals surface area contributed by atoms with E-state index in [0.717, 1.165) is 50.5 Å². The van der Waals surface area contributed by atoms with E-state index in [1.54, 1.807) is 6.20 Å². The van der Waals surface area contributed by atoms with Crippen LogP contribution in [0.25, 0.3) is 0 Å². The first-order valence-electron chi connectivity index (χ1n) is 7.70. The summed E-state index contributed by atoms with van der Waals surface area (Å²) in [6, 6.07) is 3.77. The Morgan fingerprint density at radius 2 is 2.15 bits per heavy atom. The highest BCUT2D eigenvalue weighted by atomic mass is 16.2. The van der Waals surface area contributed by atoms with E-state index in [1.165, 1.54) is 6.42 Å². The van der Waals surface area contributed by atoms with E-state index in [4.69, 9.17) is 0 Å². The number of hydrogen-bond donors (Lipinski definition) is 1. The van der Waals surface area contributed by atoms with Gasteiger partial charge in [-0.25, -0.2) is 4.98 Å². The number of nitrogens with one attached hydrogen (secondary N) is 1. The maximum atomic E-state index is 12.3. The van der Waals surface area contributed by atoms with Gasteiger partial charge in [0.15, 0.2) is 0 Å². The summed E-state index contributed by atoms with van der Waals surface area (Å²) in [5, 5.41) is 3.31. The van der Waals surface area contributed by atoms with Crippen molar-refractivity contribution in [3.63, 3.8) is 0 Å². The lowest BCUT2D eigenvalue weighted by Crippen LogP contribution is -2.38. The third-order valence-electron chi connectivity index (χ3n) is 3.91. The second kappa shape index (κ2) is 7.27. The molecule has 0 spiro atoms. The minimum atomic E-state index is 0.0667. The number of piperidine rings is 1. The van der Waals surface area contributed by atoms with Gasteiger partial charge in [0, 0.05) is 19.6 Å². The molecule has 2 rings (SSSR count). The highest BCUT2D eigenvalue weighted by Gasteiger charge is 2.21. The molecule has 4 nitrogen and oxygen atoms in total. The number of aromatic nitrogens is 1. The monoisotopic (exact) mass is 275 g/mol. The molecule has 1 saturated heterocycles. The molecule has 1 aliphatic heterocycles. The van der Waals surface area contributed by atoms with Crippen LogP contribution < -0.4 is 5.32 Å². The third kappa shape index (κ3) is 3.95. The second-order valence-corrected chi connectivity index (χ2v) is 5.69. The molecule has 20 heavy (non-hydrogen) atoms. The van der Waals surface area contributed by atoms with Gasteiger partial charge < -0.3 is 10.2 Å². The van der Waals surface area contributed by atoms with Gasteiger partial charge in [-0.2, -0.15) is 0 Å². The third-order valence-corrected chi connectivity index (χ3v) is 3.91. The Morgan fingerprint density at radius 3 is 2.75 bits per heavy atom. The van der Waals surface area contributed by atoms with Crippen LogP contribution in [0.2, 0.25) is 0 Å². The van der Waals surface area contributed by atoms with Gasteiger partial charge in [0.05, 0.1) is 11.9 Å². The Kier molecular flexibility index (Phi) is 5.39. The normalized spacial score (nSPS) is 16.2. The average Bonchev–Trinajstić information content (AvgIpc) is 2.48. The molecule has 0 unspecified atom stereocenters. The molecule has 0 bridgehead atoms. The Balaban J connectivity index is 1.90. The van der Waals surface area contributed by atoms with Crippen molar-refractivity contribution in [1.29, 1.82) is 0 Å². The van der Waals surface area contributed by atoms with Crippen LogP contribution in [0.3, 0.4) is 0 Å². The molecular weight excluding hydrogens is 250 g/mol. The standard InChI is InChI=1S/C16H25N3O/c1-3-4-9-17-14-5-6-15(18-12-14)16(20)19-10-7-13(2)8-11-19/h5-6,12-13,17H,3-4,7-11H2,1-2H3. The quantitative estimate of drug-likeness (QED) is 0.840. The lowest BCUT2D eigenvalue weighted by molar-refractivity contribution is 0.0691. The number of amides is 1. The molecule has 1 aromatic heterocycles. The fourth-order valence-corrected chi connectivity index (χ4v) is 2.41. The van der Waals surface area contributed by atoms with E-state index < -0.39 is 0 Å². The maximum absolute atomic E-state index is 12.3. The maximum Gasteiger partial charge on any atom is 0.272 e. The summed E-state index contributed by atoms with van der Waals surface area (Å²) < 4.78 is 0. The first kappa shape index (κ1) is 14.8. The lowest BCUT2D eigenvalue weighted by Gasteiger charge is -2.30. The molecule has 1 N–H and O–H groups in total. The number of carbonyl (C=O) groups excluding carboxylic acids is 1. The van der Waals surface area contributed by atoms with Crippen molar-refractivity contribution in [1.82, 2.24) is 9.88 Å². The van der Waals surface area contributed by atoms with E-state index in [0.29, 0.717) is 5.69 Å². The van der Waals surface area contributed by atoms with Crippen LogP contribution in [0, 0.1) is 5.92 Å². The Labute approximate surface area is 121 Å². The number of pyridine rings is 1. The topological polar surface area (TPSA) is 45.2 Å². The molecule has 0 atom stereocenters.